The van der Waals surface area contributed by atoms with Crippen molar-refractivity contribution in [2.45, 2.75) is 37.8 Å². The number of benzene rings is 1. The fourth-order valence-corrected chi connectivity index (χ4v) is 5.34. The minimum absolute atomic E-state index is 0.0785. The van der Waals surface area contributed by atoms with Crippen LogP contribution in [0.3, 0.4) is 0 Å². The van der Waals surface area contributed by atoms with Crippen LogP contribution in [0, 0.1) is 0 Å². The second kappa shape index (κ2) is 10.2. The van der Waals surface area contributed by atoms with E-state index in [4.69, 9.17) is 13.9 Å². The van der Waals surface area contributed by atoms with Gasteiger partial charge in [-0.15, -0.1) is 21.5 Å². The van der Waals surface area contributed by atoms with Crippen molar-refractivity contribution in [3.05, 3.63) is 40.3 Å². The van der Waals surface area contributed by atoms with E-state index in [0.717, 1.165) is 59.2 Å². The Balaban J connectivity index is 1.41. The molecule has 1 aliphatic rings. The van der Waals surface area contributed by atoms with Crippen LogP contribution in [0.4, 0.5) is 5.00 Å². The zero-order valence-electron chi connectivity index (χ0n) is 17.8. The summed E-state index contributed by atoms with van der Waals surface area (Å²) in [5.41, 5.74) is 2.28. The van der Waals surface area contributed by atoms with Crippen LogP contribution in [0.15, 0.2) is 33.9 Å². The van der Waals surface area contributed by atoms with Crippen LogP contribution in [-0.4, -0.2) is 41.5 Å². The monoisotopic (exact) mass is 473 g/mol. The Morgan fingerprint density at radius 3 is 2.72 bits per heavy atom. The van der Waals surface area contributed by atoms with Crippen LogP contribution in [-0.2, 0) is 22.4 Å². The summed E-state index contributed by atoms with van der Waals surface area (Å²) in [6.07, 6.45) is 3.88. The van der Waals surface area contributed by atoms with E-state index >= 15 is 0 Å². The van der Waals surface area contributed by atoms with Gasteiger partial charge in [0, 0.05) is 10.4 Å². The predicted molar refractivity (Wildman–Crippen MR) is 123 cm³/mol. The van der Waals surface area contributed by atoms with Crippen LogP contribution in [0.1, 0.15) is 40.6 Å². The lowest BCUT2D eigenvalue weighted by molar-refractivity contribution is -0.113. The number of carbonyl (C=O) groups excluding carboxylic acids is 2. The van der Waals surface area contributed by atoms with Gasteiger partial charge in [0.15, 0.2) is 0 Å². The van der Waals surface area contributed by atoms with Crippen LogP contribution in [0.5, 0.6) is 5.75 Å². The number of methoxy groups -OCH3 is 1. The standard InChI is InChI=1S/C22H23N3O5S2/c1-3-29-21(27)18-15-6-4-5-7-16(15)32-20(18)23-17(26)12-31-22-25-24-19(30-22)13-8-10-14(28-2)11-9-13/h8-11H,3-7,12H2,1-2H3,(H,23,26). The molecule has 0 radical (unpaired) electrons. The van der Waals surface area contributed by atoms with Gasteiger partial charge in [-0.25, -0.2) is 4.79 Å². The van der Waals surface area contributed by atoms with E-state index in [9.17, 15) is 9.59 Å². The molecule has 1 aromatic carbocycles. The van der Waals surface area contributed by atoms with Gasteiger partial charge in [0.05, 0.1) is 25.0 Å². The van der Waals surface area contributed by atoms with E-state index in [-0.39, 0.29) is 17.6 Å². The molecule has 0 fully saturated rings. The minimum Gasteiger partial charge on any atom is -0.497 e. The van der Waals surface area contributed by atoms with Gasteiger partial charge in [-0.3, -0.25) is 4.79 Å². The number of fused-ring (bicyclic) bond motifs is 1. The molecule has 10 heteroatoms. The molecule has 0 spiro atoms. The maximum Gasteiger partial charge on any atom is 0.341 e. The number of thiophene rings is 1. The SMILES string of the molecule is CCOC(=O)c1c(NC(=O)CSc2nnc(-c3ccc(OC)cc3)o2)sc2c1CCCC2. The summed E-state index contributed by atoms with van der Waals surface area (Å²) >= 11 is 2.61. The molecule has 1 aliphatic carbocycles. The van der Waals surface area contributed by atoms with Crippen molar-refractivity contribution in [2.75, 3.05) is 24.8 Å². The summed E-state index contributed by atoms with van der Waals surface area (Å²) in [4.78, 5) is 26.3. The number of ether oxygens (including phenoxy) is 2. The lowest BCUT2D eigenvalue weighted by atomic mass is 9.95. The second-order valence-electron chi connectivity index (χ2n) is 7.07. The van der Waals surface area contributed by atoms with E-state index in [2.05, 4.69) is 15.5 Å². The van der Waals surface area contributed by atoms with Gasteiger partial charge in [-0.1, -0.05) is 11.8 Å². The van der Waals surface area contributed by atoms with Gasteiger partial charge < -0.3 is 19.2 Å². The van der Waals surface area contributed by atoms with E-state index < -0.39 is 0 Å². The average Bonchev–Trinajstić information content (AvgIpc) is 3.42. The van der Waals surface area contributed by atoms with Gasteiger partial charge in [-0.05, 0) is 62.4 Å². The van der Waals surface area contributed by atoms with Gasteiger partial charge >= 0.3 is 5.97 Å². The number of hydrogen-bond donors (Lipinski definition) is 1. The lowest BCUT2D eigenvalue weighted by Crippen LogP contribution is -2.17. The summed E-state index contributed by atoms with van der Waals surface area (Å²) < 4.78 is 16.0. The van der Waals surface area contributed by atoms with Crippen molar-refractivity contribution in [1.82, 2.24) is 10.2 Å². The average molecular weight is 474 g/mol. The van der Waals surface area contributed by atoms with E-state index in [0.29, 0.717) is 28.3 Å². The lowest BCUT2D eigenvalue weighted by Gasteiger charge is -2.12. The fourth-order valence-electron chi connectivity index (χ4n) is 3.48. The molecule has 0 atom stereocenters. The number of anilines is 1. The van der Waals surface area contributed by atoms with Crippen LogP contribution < -0.4 is 10.1 Å². The van der Waals surface area contributed by atoms with Crippen molar-refractivity contribution >= 4 is 40.0 Å². The molecule has 2 heterocycles. The van der Waals surface area contributed by atoms with Crippen molar-refractivity contribution in [3.63, 3.8) is 0 Å². The third kappa shape index (κ3) is 4.97. The summed E-state index contributed by atoms with van der Waals surface area (Å²) in [5.74, 6) is 0.553. The van der Waals surface area contributed by atoms with Crippen LogP contribution >= 0.6 is 23.1 Å². The predicted octanol–water partition coefficient (Wildman–Crippen LogP) is 4.59. The largest absolute Gasteiger partial charge is 0.497 e. The first-order chi connectivity index (χ1) is 15.6. The van der Waals surface area contributed by atoms with Gasteiger partial charge in [0.25, 0.3) is 5.22 Å². The molecule has 1 N–H and O–H groups in total. The highest BCUT2D eigenvalue weighted by molar-refractivity contribution is 7.99. The Bertz CT molecular complexity index is 1110. The number of carbonyl (C=O) groups is 2. The Morgan fingerprint density at radius 2 is 1.97 bits per heavy atom. The number of rotatable bonds is 8. The summed E-state index contributed by atoms with van der Waals surface area (Å²) in [6, 6.07) is 7.26. The molecule has 168 valence electrons. The first-order valence-electron chi connectivity index (χ1n) is 10.3. The minimum atomic E-state index is -0.379. The second-order valence-corrected chi connectivity index (χ2v) is 9.11. The highest BCUT2D eigenvalue weighted by Crippen LogP contribution is 2.38. The Hall–Kier alpha value is -2.85. The quantitative estimate of drug-likeness (QED) is 0.374. The summed E-state index contributed by atoms with van der Waals surface area (Å²) in [7, 11) is 1.60. The number of amides is 1. The van der Waals surface area contributed by atoms with Crippen molar-refractivity contribution in [3.8, 4) is 17.2 Å². The maximum absolute atomic E-state index is 12.6. The van der Waals surface area contributed by atoms with Gasteiger partial charge in [0.1, 0.15) is 10.8 Å². The van der Waals surface area contributed by atoms with Gasteiger partial charge in [-0.2, -0.15) is 0 Å². The molecular formula is C22H23N3O5S2. The number of thioether (sulfide) groups is 1. The topological polar surface area (TPSA) is 104 Å². The molecule has 4 rings (SSSR count). The number of hydrogen-bond acceptors (Lipinski definition) is 9. The maximum atomic E-state index is 12.6. The molecule has 1 amide bonds. The first kappa shape index (κ1) is 22.3. The number of aryl methyl sites for hydroxylation is 1. The number of nitrogens with one attached hydrogen (secondary N) is 1. The van der Waals surface area contributed by atoms with Gasteiger partial charge in [0.2, 0.25) is 11.8 Å². The fraction of sp³-hybridized carbons (Fsp3) is 0.364. The Morgan fingerprint density at radius 1 is 1.19 bits per heavy atom. The number of esters is 1. The van der Waals surface area contributed by atoms with Crippen LogP contribution in [0.2, 0.25) is 0 Å². The molecule has 32 heavy (non-hydrogen) atoms. The number of aromatic nitrogens is 2. The Labute approximate surface area is 193 Å². The summed E-state index contributed by atoms with van der Waals surface area (Å²) in [6.45, 7) is 2.07. The third-order valence-electron chi connectivity index (χ3n) is 4.97. The molecule has 3 aromatic rings. The summed E-state index contributed by atoms with van der Waals surface area (Å²) in [5, 5.41) is 11.8. The zero-order chi connectivity index (χ0) is 22.5. The third-order valence-corrected chi connectivity index (χ3v) is 7.00. The van der Waals surface area contributed by atoms with Crippen molar-refractivity contribution < 1.29 is 23.5 Å². The van der Waals surface area contributed by atoms with Crippen molar-refractivity contribution in [1.29, 1.82) is 0 Å². The molecule has 0 saturated carbocycles. The molecule has 0 unspecified atom stereocenters. The molecule has 0 aliphatic heterocycles. The smallest absolute Gasteiger partial charge is 0.341 e. The van der Waals surface area contributed by atoms with E-state index in [1.165, 1.54) is 11.3 Å². The molecule has 0 saturated heterocycles. The highest BCUT2D eigenvalue weighted by atomic mass is 32.2. The zero-order valence-corrected chi connectivity index (χ0v) is 19.4. The van der Waals surface area contributed by atoms with E-state index in [1.54, 1.807) is 14.0 Å². The molecule has 2 aromatic heterocycles. The molecular weight excluding hydrogens is 450 g/mol. The Kier molecular flexibility index (Phi) is 7.11. The van der Waals surface area contributed by atoms with Crippen molar-refractivity contribution in [2.24, 2.45) is 0 Å². The van der Waals surface area contributed by atoms with E-state index in [1.807, 2.05) is 24.3 Å². The highest BCUT2D eigenvalue weighted by Gasteiger charge is 2.27. The molecule has 8 nitrogen and oxygen atoms in total. The number of nitrogens with zero attached hydrogens (tertiary/aromatic N) is 2. The molecule has 0 bridgehead atoms. The normalized spacial score (nSPS) is 12.8. The first-order valence-corrected chi connectivity index (χ1v) is 12.1. The van der Waals surface area contributed by atoms with Crippen LogP contribution in [0.25, 0.3) is 11.5 Å².